The van der Waals surface area contributed by atoms with Gasteiger partial charge in [0.2, 0.25) is 0 Å². The quantitative estimate of drug-likeness (QED) is 0.567. The first kappa shape index (κ1) is 21.5. The average Bonchev–Trinajstić information content (AvgIpc) is 3.08. The Labute approximate surface area is 180 Å². The second-order valence-corrected chi connectivity index (χ2v) is 7.11. The summed E-state index contributed by atoms with van der Waals surface area (Å²) in [5.41, 5.74) is 0.420. The van der Waals surface area contributed by atoms with Crippen LogP contribution in [0, 0.1) is 5.82 Å². The fourth-order valence-electron chi connectivity index (χ4n) is 3.91. The van der Waals surface area contributed by atoms with Gasteiger partial charge >= 0.3 is 12.6 Å². The molecule has 1 aliphatic rings. The highest BCUT2D eigenvalue weighted by Crippen LogP contribution is 2.46. The van der Waals surface area contributed by atoms with Crippen LogP contribution in [-0.4, -0.2) is 30.2 Å². The van der Waals surface area contributed by atoms with Gasteiger partial charge in [0.1, 0.15) is 17.3 Å². The summed E-state index contributed by atoms with van der Waals surface area (Å²) in [6.45, 7) is -1.17. The lowest BCUT2D eigenvalue weighted by atomic mass is 9.99. The monoisotopic (exact) mass is 445 g/mol. The van der Waals surface area contributed by atoms with Crippen LogP contribution in [0.5, 0.6) is 11.5 Å². The van der Waals surface area contributed by atoms with Crippen LogP contribution in [0.15, 0.2) is 42.5 Å². The van der Waals surface area contributed by atoms with Gasteiger partial charge in [0.25, 0.3) is 5.91 Å². The number of carbonyl (C=O) groups excluding carboxylic acids is 1. The summed E-state index contributed by atoms with van der Waals surface area (Å²) in [6.07, 6.45) is -0.507. The molecule has 166 valence electrons. The summed E-state index contributed by atoms with van der Waals surface area (Å²) in [5, 5.41) is 9.70. The minimum absolute atomic E-state index is 0.0344. The Bertz CT molecular complexity index is 1230. The van der Waals surface area contributed by atoms with Crippen LogP contribution in [0.1, 0.15) is 28.4 Å². The molecule has 1 heterocycles. The van der Waals surface area contributed by atoms with E-state index in [-0.39, 0.29) is 35.7 Å². The molecular formula is C23H18F3NO5. The fraction of sp³-hybridized carbons (Fsp3) is 0.217. The molecule has 0 saturated heterocycles. The summed E-state index contributed by atoms with van der Waals surface area (Å²) in [5.74, 6) is -2.51. The van der Waals surface area contributed by atoms with E-state index in [1.54, 1.807) is 31.2 Å². The number of carbonyl (C=O) groups is 2. The highest BCUT2D eigenvalue weighted by atomic mass is 19.3. The third-order valence-corrected chi connectivity index (χ3v) is 5.18. The zero-order valence-corrected chi connectivity index (χ0v) is 16.9. The summed E-state index contributed by atoms with van der Waals surface area (Å²) in [6, 6.07) is 10.4. The van der Waals surface area contributed by atoms with Crippen molar-refractivity contribution in [3.8, 4) is 11.5 Å². The van der Waals surface area contributed by atoms with Crippen LogP contribution in [0.25, 0.3) is 10.8 Å². The predicted molar refractivity (Wildman–Crippen MR) is 110 cm³/mol. The highest BCUT2D eigenvalue weighted by Gasteiger charge is 2.37. The van der Waals surface area contributed by atoms with E-state index in [1.165, 1.54) is 17.0 Å². The highest BCUT2D eigenvalue weighted by molar-refractivity contribution is 6.16. The topological polar surface area (TPSA) is 76.1 Å². The average molecular weight is 445 g/mol. The second-order valence-electron chi connectivity index (χ2n) is 7.11. The SMILES string of the molecule is CCOc1c2c(c(OC(F)F)c3ccccc13)C(=O)N(c1ccc(CC(=O)O)c(F)c1)C2. The summed E-state index contributed by atoms with van der Waals surface area (Å²) >= 11 is 0. The zero-order chi connectivity index (χ0) is 23.0. The predicted octanol–water partition coefficient (Wildman–Crippen LogP) is 4.77. The van der Waals surface area contributed by atoms with Crippen molar-refractivity contribution in [2.24, 2.45) is 0 Å². The van der Waals surface area contributed by atoms with Crippen molar-refractivity contribution >= 4 is 28.3 Å². The number of hydrogen-bond donors (Lipinski definition) is 1. The molecule has 0 saturated carbocycles. The van der Waals surface area contributed by atoms with Gasteiger partial charge in [-0.05, 0) is 24.6 Å². The van der Waals surface area contributed by atoms with Gasteiger partial charge in [-0.25, -0.2) is 4.39 Å². The summed E-state index contributed by atoms with van der Waals surface area (Å²) in [4.78, 5) is 25.4. The molecule has 1 amide bonds. The molecule has 0 aliphatic carbocycles. The maximum atomic E-state index is 14.4. The lowest BCUT2D eigenvalue weighted by molar-refractivity contribution is -0.136. The zero-order valence-electron chi connectivity index (χ0n) is 16.9. The Hall–Kier alpha value is -3.75. The minimum Gasteiger partial charge on any atom is -0.493 e. The maximum absolute atomic E-state index is 14.4. The van der Waals surface area contributed by atoms with Gasteiger partial charge in [0.05, 0.1) is 25.1 Å². The van der Waals surface area contributed by atoms with Crippen molar-refractivity contribution < 1.29 is 37.3 Å². The number of halogens is 3. The standard InChI is InChI=1S/C23H18F3NO5/c1-2-31-20-14-5-3-4-6-15(14)21(32-23(25)26)19-16(20)11-27(22(19)30)13-8-7-12(9-18(28)29)17(24)10-13/h3-8,10,23H,2,9,11H2,1H3,(H,28,29). The first-order valence-corrected chi connectivity index (χ1v) is 9.79. The van der Waals surface area contributed by atoms with Crippen molar-refractivity contribution in [3.05, 3.63) is 65.0 Å². The molecular weight excluding hydrogens is 427 g/mol. The Morgan fingerprint density at radius 3 is 2.44 bits per heavy atom. The van der Waals surface area contributed by atoms with Crippen molar-refractivity contribution in [2.45, 2.75) is 26.5 Å². The van der Waals surface area contributed by atoms with Crippen LogP contribution in [0.3, 0.4) is 0 Å². The number of ether oxygens (including phenoxy) is 2. The van der Waals surface area contributed by atoms with Crippen molar-refractivity contribution in [1.82, 2.24) is 0 Å². The molecule has 6 nitrogen and oxygen atoms in total. The lowest BCUT2D eigenvalue weighted by Crippen LogP contribution is -2.23. The largest absolute Gasteiger partial charge is 0.493 e. The molecule has 0 aromatic heterocycles. The molecule has 32 heavy (non-hydrogen) atoms. The van der Waals surface area contributed by atoms with Crippen molar-refractivity contribution in [3.63, 3.8) is 0 Å². The summed E-state index contributed by atoms with van der Waals surface area (Å²) < 4.78 is 51.5. The molecule has 9 heteroatoms. The molecule has 1 aliphatic heterocycles. The maximum Gasteiger partial charge on any atom is 0.387 e. The molecule has 0 atom stereocenters. The fourth-order valence-corrected chi connectivity index (χ4v) is 3.91. The first-order chi connectivity index (χ1) is 15.3. The van der Waals surface area contributed by atoms with Gasteiger partial charge in [-0.3, -0.25) is 9.59 Å². The molecule has 0 fully saturated rings. The minimum atomic E-state index is -3.16. The number of rotatable bonds is 7. The number of hydrogen-bond acceptors (Lipinski definition) is 4. The Kier molecular flexibility index (Phi) is 5.65. The van der Waals surface area contributed by atoms with Gasteiger partial charge < -0.3 is 19.5 Å². The van der Waals surface area contributed by atoms with Gasteiger partial charge in [-0.15, -0.1) is 0 Å². The third kappa shape index (κ3) is 3.70. The normalized spacial score (nSPS) is 13.0. The number of fused-ring (bicyclic) bond motifs is 2. The molecule has 4 rings (SSSR count). The molecule has 3 aromatic carbocycles. The van der Waals surface area contributed by atoms with Crippen LogP contribution >= 0.6 is 0 Å². The number of carboxylic acid groups (broad SMARTS) is 1. The Morgan fingerprint density at radius 2 is 1.84 bits per heavy atom. The number of anilines is 1. The van der Waals surface area contributed by atoms with E-state index in [0.717, 1.165) is 6.07 Å². The van der Waals surface area contributed by atoms with Crippen LogP contribution in [0.4, 0.5) is 18.9 Å². The van der Waals surface area contributed by atoms with E-state index in [0.29, 0.717) is 22.1 Å². The Balaban J connectivity index is 1.87. The molecule has 0 spiro atoms. The van der Waals surface area contributed by atoms with Gasteiger partial charge in [0.15, 0.2) is 0 Å². The second kappa shape index (κ2) is 8.41. The summed E-state index contributed by atoms with van der Waals surface area (Å²) in [7, 11) is 0. The molecule has 0 bridgehead atoms. The van der Waals surface area contributed by atoms with E-state index < -0.39 is 30.7 Å². The van der Waals surface area contributed by atoms with Gasteiger partial charge in [0, 0.05) is 22.0 Å². The molecule has 0 unspecified atom stereocenters. The number of benzene rings is 3. The molecule has 0 radical (unpaired) electrons. The van der Waals surface area contributed by atoms with E-state index >= 15 is 0 Å². The number of carboxylic acids is 1. The number of amides is 1. The lowest BCUT2D eigenvalue weighted by Gasteiger charge is -2.17. The number of aliphatic carboxylic acids is 1. The van der Waals surface area contributed by atoms with E-state index in [2.05, 4.69) is 0 Å². The number of nitrogens with zero attached hydrogens (tertiary/aromatic N) is 1. The van der Waals surface area contributed by atoms with Gasteiger partial charge in [-0.2, -0.15) is 8.78 Å². The van der Waals surface area contributed by atoms with Gasteiger partial charge in [-0.1, -0.05) is 30.3 Å². The first-order valence-electron chi connectivity index (χ1n) is 9.79. The van der Waals surface area contributed by atoms with Crippen molar-refractivity contribution in [2.75, 3.05) is 11.5 Å². The van der Waals surface area contributed by atoms with E-state index in [4.69, 9.17) is 14.6 Å². The van der Waals surface area contributed by atoms with E-state index in [1.807, 2.05) is 0 Å². The number of alkyl halides is 2. The molecule has 1 N–H and O–H groups in total. The smallest absolute Gasteiger partial charge is 0.387 e. The van der Waals surface area contributed by atoms with Crippen LogP contribution < -0.4 is 14.4 Å². The van der Waals surface area contributed by atoms with Crippen molar-refractivity contribution in [1.29, 1.82) is 0 Å². The van der Waals surface area contributed by atoms with Crippen LogP contribution in [0.2, 0.25) is 0 Å². The third-order valence-electron chi connectivity index (χ3n) is 5.18. The Morgan fingerprint density at radius 1 is 1.16 bits per heavy atom. The van der Waals surface area contributed by atoms with Crippen LogP contribution in [-0.2, 0) is 17.8 Å². The van der Waals surface area contributed by atoms with E-state index in [9.17, 15) is 22.8 Å². The molecule has 3 aromatic rings.